The number of nitrogens with one attached hydrogen (secondary N) is 1. The van der Waals surface area contributed by atoms with Gasteiger partial charge in [-0.1, -0.05) is 32.9 Å². The number of carbonyl (C=O) groups excluding carboxylic acids is 1. The quantitative estimate of drug-likeness (QED) is 0.653. The van der Waals surface area contributed by atoms with E-state index >= 15 is 0 Å². The Kier molecular flexibility index (Phi) is 7.97. The molecule has 0 bridgehead atoms. The molecule has 154 valence electrons. The molecule has 0 aliphatic heterocycles. The van der Waals surface area contributed by atoms with Gasteiger partial charge in [-0.3, -0.25) is 9.53 Å². The lowest BCUT2D eigenvalue weighted by atomic mass is 9.87. The van der Waals surface area contributed by atoms with Crippen LogP contribution in [0.1, 0.15) is 38.8 Å². The number of hydrogen-bond acceptors (Lipinski definition) is 4. The van der Waals surface area contributed by atoms with Crippen molar-refractivity contribution in [3.05, 3.63) is 29.8 Å². The monoisotopic (exact) mass is 399 g/mol. The second kappa shape index (κ2) is 9.32. The summed E-state index contributed by atoms with van der Waals surface area (Å²) in [4.78, 5) is 12.1. The van der Waals surface area contributed by atoms with Gasteiger partial charge in [0.25, 0.3) is 0 Å². The minimum absolute atomic E-state index is 0.0796. The SMILES string of the molecule is CC(C)(C)[C@@H](O)CC(=O)N[C@@H](COC(F)(F)F)c1cccc(OC(F)F)c1. The number of ether oxygens (including phenoxy) is 2. The van der Waals surface area contributed by atoms with Crippen LogP contribution in [-0.2, 0) is 9.53 Å². The maximum absolute atomic E-state index is 12.4. The number of amides is 1. The van der Waals surface area contributed by atoms with Crippen molar-refractivity contribution < 1.29 is 41.3 Å². The van der Waals surface area contributed by atoms with E-state index in [0.29, 0.717) is 0 Å². The molecule has 0 saturated carbocycles. The Labute approximate surface area is 153 Å². The number of rotatable bonds is 8. The van der Waals surface area contributed by atoms with Crippen LogP contribution >= 0.6 is 0 Å². The average Bonchev–Trinajstić information content (AvgIpc) is 2.49. The summed E-state index contributed by atoms with van der Waals surface area (Å²) in [5.74, 6) is -0.989. The molecular weight excluding hydrogens is 377 g/mol. The van der Waals surface area contributed by atoms with Gasteiger partial charge in [-0.15, -0.1) is 13.2 Å². The Morgan fingerprint density at radius 1 is 1.22 bits per heavy atom. The zero-order chi connectivity index (χ0) is 20.8. The summed E-state index contributed by atoms with van der Waals surface area (Å²) in [5.41, 5.74) is -0.531. The molecule has 0 heterocycles. The average molecular weight is 399 g/mol. The molecular formula is C17H22F5NO4. The fourth-order valence-electron chi connectivity index (χ4n) is 2.04. The lowest BCUT2D eigenvalue weighted by Gasteiger charge is -2.26. The van der Waals surface area contributed by atoms with Gasteiger partial charge in [-0.2, -0.15) is 8.78 Å². The highest BCUT2D eigenvalue weighted by molar-refractivity contribution is 5.77. The van der Waals surface area contributed by atoms with Crippen molar-refractivity contribution in [3.63, 3.8) is 0 Å². The Bertz CT molecular complexity index is 616. The van der Waals surface area contributed by atoms with E-state index in [0.717, 1.165) is 6.07 Å². The van der Waals surface area contributed by atoms with Crippen molar-refractivity contribution in [2.24, 2.45) is 5.41 Å². The second-order valence-corrected chi connectivity index (χ2v) is 6.91. The molecule has 1 aromatic carbocycles. The van der Waals surface area contributed by atoms with Gasteiger partial charge in [-0.05, 0) is 23.1 Å². The number of carbonyl (C=O) groups is 1. The molecule has 1 aromatic rings. The third-order valence-corrected chi connectivity index (χ3v) is 3.61. The Balaban J connectivity index is 2.95. The Morgan fingerprint density at radius 2 is 1.85 bits per heavy atom. The summed E-state index contributed by atoms with van der Waals surface area (Å²) in [7, 11) is 0. The van der Waals surface area contributed by atoms with Crippen molar-refractivity contribution in [3.8, 4) is 5.75 Å². The van der Waals surface area contributed by atoms with Gasteiger partial charge in [0, 0.05) is 0 Å². The highest BCUT2D eigenvalue weighted by Crippen LogP contribution is 2.26. The van der Waals surface area contributed by atoms with Crippen molar-refractivity contribution in [2.75, 3.05) is 6.61 Å². The lowest BCUT2D eigenvalue weighted by molar-refractivity contribution is -0.326. The van der Waals surface area contributed by atoms with Crippen LogP contribution in [0.2, 0.25) is 0 Å². The number of halogens is 5. The van der Waals surface area contributed by atoms with Crippen LogP contribution in [0.5, 0.6) is 5.75 Å². The van der Waals surface area contributed by atoms with Crippen LogP contribution in [-0.4, -0.2) is 36.7 Å². The largest absolute Gasteiger partial charge is 0.522 e. The maximum Gasteiger partial charge on any atom is 0.522 e. The Morgan fingerprint density at radius 3 is 2.37 bits per heavy atom. The normalized spacial score (nSPS) is 14.7. The van der Waals surface area contributed by atoms with Crippen molar-refractivity contribution in [1.29, 1.82) is 0 Å². The highest BCUT2D eigenvalue weighted by Gasteiger charge is 2.32. The van der Waals surface area contributed by atoms with Crippen LogP contribution in [0.4, 0.5) is 22.0 Å². The van der Waals surface area contributed by atoms with Gasteiger partial charge in [0.2, 0.25) is 5.91 Å². The van der Waals surface area contributed by atoms with Crippen molar-refractivity contribution in [2.45, 2.75) is 52.3 Å². The fourth-order valence-corrected chi connectivity index (χ4v) is 2.04. The third kappa shape index (κ3) is 9.00. The minimum Gasteiger partial charge on any atom is -0.435 e. The van der Waals surface area contributed by atoms with Gasteiger partial charge >= 0.3 is 13.0 Å². The molecule has 0 aliphatic rings. The zero-order valence-corrected chi connectivity index (χ0v) is 15.0. The number of aliphatic hydroxyl groups is 1. The van der Waals surface area contributed by atoms with E-state index in [1.165, 1.54) is 18.2 Å². The van der Waals surface area contributed by atoms with Crippen molar-refractivity contribution in [1.82, 2.24) is 5.32 Å². The van der Waals surface area contributed by atoms with E-state index in [-0.39, 0.29) is 17.7 Å². The summed E-state index contributed by atoms with van der Waals surface area (Å²) in [5, 5.41) is 12.3. The number of alkyl halides is 5. The van der Waals surface area contributed by atoms with E-state index in [4.69, 9.17) is 0 Å². The molecule has 2 N–H and O–H groups in total. The summed E-state index contributed by atoms with van der Waals surface area (Å²) in [6.45, 7) is 1.00. The van der Waals surface area contributed by atoms with Crippen LogP contribution in [0.15, 0.2) is 24.3 Å². The summed E-state index contributed by atoms with van der Waals surface area (Å²) < 4.78 is 69.8. The Hall–Kier alpha value is -1.94. The minimum atomic E-state index is -4.94. The number of benzene rings is 1. The first-order valence-electron chi connectivity index (χ1n) is 8.01. The molecule has 0 aliphatic carbocycles. The van der Waals surface area contributed by atoms with E-state index < -0.39 is 43.0 Å². The van der Waals surface area contributed by atoms with Crippen LogP contribution < -0.4 is 10.1 Å². The molecule has 0 aromatic heterocycles. The summed E-state index contributed by atoms with van der Waals surface area (Å²) in [6.07, 6.45) is -6.32. The molecule has 1 amide bonds. The van der Waals surface area contributed by atoms with Gasteiger partial charge in [0.05, 0.1) is 25.2 Å². The van der Waals surface area contributed by atoms with Crippen LogP contribution in [0.3, 0.4) is 0 Å². The topological polar surface area (TPSA) is 67.8 Å². The first-order valence-corrected chi connectivity index (χ1v) is 8.01. The first kappa shape index (κ1) is 23.1. The molecule has 27 heavy (non-hydrogen) atoms. The second-order valence-electron chi connectivity index (χ2n) is 6.91. The number of aliphatic hydroxyl groups excluding tert-OH is 1. The molecule has 0 radical (unpaired) electrons. The van der Waals surface area contributed by atoms with E-state index in [9.17, 15) is 31.9 Å². The molecule has 0 fully saturated rings. The fraction of sp³-hybridized carbons (Fsp3) is 0.588. The molecule has 1 rings (SSSR count). The third-order valence-electron chi connectivity index (χ3n) is 3.61. The van der Waals surface area contributed by atoms with Crippen LogP contribution in [0, 0.1) is 5.41 Å². The first-order chi connectivity index (χ1) is 12.3. The summed E-state index contributed by atoms with van der Waals surface area (Å²) in [6, 6.07) is 3.62. The smallest absolute Gasteiger partial charge is 0.435 e. The van der Waals surface area contributed by atoms with Gasteiger partial charge in [-0.25, -0.2) is 0 Å². The molecule has 2 atom stereocenters. The number of hydrogen-bond donors (Lipinski definition) is 2. The van der Waals surface area contributed by atoms with Crippen molar-refractivity contribution >= 4 is 5.91 Å². The van der Waals surface area contributed by atoms with Gasteiger partial charge in [0.1, 0.15) is 5.75 Å². The highest BCUT2D eigenvalue weighted by atomic mass is 19.4. The maximum atomic E-state index is 12.4. The van der Waals surface area contributed by atoms with Crippen LogP contribution in [0.25, 0.3) is 0 Å². The predicted molar refractivity (Wildman–Crippen MR) is 86.0 cm³/mol. The predicted octanol–water partition coefficient (Wildman–Crippen LogP) is 3.78. The van der Waals surface area contributed by atoms with E-state index in [2.05, 4.69) is 14.8 Å². The van der Waals surface area contributed by atoms with E-state index in [1.807, 2.05) is 0 Å². The molecule has 0 unspecified atom stereocenters. The molecule has 5 nitrogen and oxygen atoms in total. The van der Waals surface area contributed by atoms with E-state index in [1.54, 1.807) is 20.8 Å². The summed E-state index contributed by atoms with van der Waals surface area (Å²) >= 11 is 0. The zero-order valence-electron chi connectivity index (χ0n) is 15.0. The molecule has 0 saturated heterocycles. The molecule has 10 heteroatoms. The molecule has 0 spiro atoms. The standard InChI is InChI=1S/C17H22F5NO4/c1-16(2,3)13(24)8-14(25)23-12(9-26-17(20,21)22)10-5-4-6-11(7-10)27-15(18)19/h4-7,12-13,15,24H,8-9H2,1-3H3,(H,23,25)/t12-,13-/m0/s1. The van der Waals surface area contributed by atoms with Gasteiger partial charge < -0.3 is 15.2 Å². The van der Waals surface area contributed by atoms with Gasteiger partial charge in [0.15, 0.2) is 0 Å². The lowest BCUT2D eigenvalue weighted by Crippen LogP contribution is -2.38.